The van der Waals surface area contributed by atoms with Crippen molar-refractivity contribution >= 4 is 28.8 Å². The Morgan fingerprint density at radius 2 is 2.41 bits per heavy atom. The van der Waals surface area contributed by atoms with Gasteiger partial charge in [-0.2, -0.15) is 0 Å². The molecule has 4 N–H and O–H groups in total. The molecule has 0 amide bonds. The lowest BCUT2D eigenvalue weighted by Gasteiger charge is -2.08. The first kappa shape index (κ1) is 11.3. The molecule has 2 rings (SSSR count). The van der Waals surface area contributed by atoms with Crippen LogP contribution in [0.5, 0.6) is 0 Å². The van der Waals surface area contributed by atoms with Crippen LogP contribution < -0.4 is 11.1 Å². The Bertz CT molecular complexity index is 527. The normalized spacial score (nSPS) is 10.1. The number of nitrogens with zero attached hydrogens (tertiary/aromatic N) is 2. The van der Waals surface area contributed by atoms with Crippen LogP contribution in [0.4, 0.5) is 11.5 Å². The van der Waals surface area contributed by atoms with Crippen LogP contribution in [-0.4, -0.2) is 21.0 Å². The monoisotopic (exact) mass is 250 g/mol. The highest BCUT2D eigenvalue weighted by Gasteiger charge is 2.11. The van der Waals surface area contributed by atoms with E-state index in [1.165, 1.54) is 23.6 Å². The molecule has 2 heterocycles. The predicted molar refractivity (Wildman–Crippen MR) is 65.0 cm³/mol. The Balaban J connectivity index is 2.16. The predicted octanol–water partition coefficient (Wildman–Crippen LogP) is 1.43. The largest absolute Gasteiger partial charge is 0.478 e. The van der Waals surface area contributed by atoms with E-state index in [2.05, 4.69) is 15.3 Å². The Hall–Kier alpha value is -2.15. The van der Waals surface area contributed by atoms with Crippen LogP contribution in [0.1, 0.15) is 15.2 Å². The number of anilines is 2. The summed E-state index contributed by atoms with van der Waals surface area (Å²) >= 11 is 1.50. The van der Waals surface area contributed by atoms with Crippen molar-refractivity contribution in [2.24, 2.45) is 0 Å². The number of hydrogen-bond acceptors (Lipinski definition) is 6. The maximum Gasteiger partial charge on any atom is 0.337 e. The molecule has 0 aliphatic carbocycles. The lowest BCUT2D eigenvalue weighted by atomic mass is 10.2. The van der Waals surface area contributed by atoms with Crippen LogP contribution in [0.25, 0.3) is 0 Å². The summed E-state index contributed by atoms with van der Waals surface area (Å²) in [6, 6.07) is 1.37. The third-order valence-corrected chi connectivity index (χ3v) is 2.91. The summed E-state index contributed by atoms with van der Waals surface area (Å²) in [6.07, 6.45) is 3.14. The highest BCUT2D eigenvalue weighted by atomic mass is 32.1. The zero-order valence-electron chi connectivity index (χ0n) is 8.75. The number of aromatic carboxylic acids is 1. The summed E-state index contributed by atoms with van der Waals surface area (Å²) in [4.78, 5) is 19.8. The van der Waals surface area contributed by atoms with Gasteiger partial charge in [0.25, 0.3) is 0 Å². The number of nitrogens with one attached hydrogen (secondary N) is 1. The quantitative estimate of drug-likeness (QED) is 0.758. The van der Waals surface area contributed by atoms with Gasteiger partial charge in [0, 0.05) is 17.3 Å². The van der Waals surface area contributed by atoms with Crippen molar-refractivity contribution in [2.45, 2.75) is 6.54 Å². The first-order chi connectivity index (χ1) is 8.18. The number of carboxylic acid groups (broad SMARTS) is 1. The number of pyridine rings is 1. The second kappa shape index (κ2) is 4.79. The standard InChI is InChI=1S/C10H10N4O2S/c11-8-7(10(15)16)1-2-13-9(8)14-4-6-3-12-5-17-6/h1-3,5H,4,11H2,(H,13,14)(H,15,16). The smallest absolute Gasteiger partial charge is 0.337 e. The zero-order valence-corrected chi connectivity index (χ0v) is 9.57. The molecule has 0 radical (unpaired) electrons. The molecule has 2 aromatic heterocycles. The number of nitrogens with two attached hydrogens (primary N) is 1. The highest BCUT2D eigenvalue weighted by molar-refractivity contribution is 7.09. The topological polar surface area (TPSA) is 101 Å². The lowest BCUT2D eigenvalue weighted by molar-refractivity contribution is 0.0698. The maximum absolute atomic E-state index is 10.9. The molecule has 0 aromatic carbocycles. The fraction of sp³-hybridized carbons (Fsp3) is 0.100. The van der Waals surface area contributed by atoms with E-state index >= 15 is 0 Å². The molecular formula is C10H10N4O2S. The van der Waals surface area contributed by atoms with Gasteiger partial charge in [0.15, 0.2) is 0 Å². The van der Waals surface area contributed by atoms with Crippen molar-refractivity contribution in [3.8, 4) is 0 Å². The van der Waals surface area contributed by atoms with E-state index in [-0.39, 0.29) is 11.3 Å². The third kappa shape index (κ3) is 2.51. The number of hydrogen-bond donors (Lipinski definition) is 3. The fourth-order valence-corrected chi connectivity index (χ4v) is 1.84. The van der Waals surface area contributed by atoms with Crippen molar-refractivity contribution in [3.63, 3.8) is 0 Å². The Morgan fingerprint density at radius 1 is 1.59 bits per heavy atom. The molecule has 0 aliphatic rings. The third-order valence-electron chi connectivity index (χ3n) is 2.13. The zero-order chi connectivity index (χ0) is 12.3. The van der Waals surface area contributed by atoms with Gasteiger partial charge in [-0.25, -0.2) is 9.78 Å². The summed E-state index contributed by atoms with van der Waals surface area (Å²) < 4.78 is 0. The van der Waals surface area contributed by atoms with Crippen LogP contribution in [0.3, 0.4) is 0 Å². The van der Waals surface area contributed by atoms with Gasteiger partial charge >= 0.3 is 5.97 Å². The van der Waals surface area contributed by atoms with Crippen molar-refractivity contribution in [3.05, 3.63) is 34.4 Å². The van der Waals surface area contributed by atoms with Gasteiger partial charge in [0.2, 0.25) is 0 Å². The second-order valence-corrected chi connectivity index (χ2v) is 4.22. The summed E-state index contributed by atoms with van der Waals surface area (Å²) in [5, 5.41) is 11.9. The van der Waals surface area contributed by atoms with Gasteiger partial charge in [-0.1, -0.05) is 0 Å². The molecule has 0 bridgehead atoms. The number of thiazole rings is 1. The van der Waals surface area contributed by atoms with E-state index in [4.69, 9.17) is 10.8 Å². The molecule has 7 heteroatoms. The van der Waals surface area contributed by atoms with Gasteiger partial charge in [-0.05, 0) is 6.07 Å². The molecule has 88 valence electrons. The van der Waals surface area contributed by atoms with Crippen molar-refractivity contribution < 1.29 is 9.90 Å². The molecule has 2 aromatic rings. The van der Waals surface area contributed by atoms with E-state index in [0.717, 1.165) is 4.88 Å². The first-order valence-electron chi connectivity index (χ1n) is 4.77. The van der Waals surface area contributed by atoms with E-state index < -0.39 is 5.97 Å². The molecule has 0 atom stereocenters. The number of carboxylic acids is 1. The number of rotatable bonds is 4. The SMILES string of the molecule is Nc1c(C(=O)O)ccnc1NCc1cncs1. The fourth-order valence-electron chi connectivity index (χ4n) is 1.30. The summed E-state index contributed by atoms with van der Waals surface area (Å²) in [5.74, 6) is -0.691. The van der Waals surface area contributed by atoms with Crippen LogP contribution in [-0.2, 0) is 6.54 Å². The van der Waals surface area contributed by atoms with Crippen LogP contribution in [0.15, 0.2) is 24.0 Å². The molecule has 0 saturated carbocycles. The minimum Gasteiger partial charge on any atom is -0.478 e. The minimum absolute atomic E-state index is 0.0480. The van der Waals surface area contributed by atoms with Crippen LogP contribution in [0, 0.1) is 0 Å². The lowest BCUT2D eigenvalue weighted by Crippen LogP contribution is -2.08. The van der Waals surface area contributed by atoms with Gasteiger partial charge in [0.05, 0.1) is 23.3 Å². The van der Waals surface area contributed by atoms with Crippen molar-refractivity contribution in [1.82, 2.24) is 9.97 Å². The molecule has 0 spiro atoms. The molecule has 6 nitrogen and oxygen atoms in total. The van der Waals surface area contributed by atoms with Gasteiger partial charge < -0.3 is 16.2 Å². The second-order valence-electron chi connectivity index (χ2n) is 3.25. The van der Waals surface area contributed by atoms with Crippen molar-refractivity contribution in [1.29, 1.82) is 0 Å². The number of nitrogen functional groups attached to an aromatic ring is 1. The van der Waals surface area contributed by atoms with E-state index in [0.29, 0.717) is 12.4 Å². The number of aromatic nitrogens is 2. The van der Waals surface area contributed by atoms with Gasteiger partial charge in [-0.3, -0.25) is 4.98 Å². The molecule has 0 aliphatic heterocycles. The average molecular weight is 250 g/mol. The molecule has 0 saturated heterocycles. The molecule has 0 fully saturated rings. The maximum atomic E-state index is 10.9. The van der Waals surface area contributed by atoms with Crippen LogP contribution >= 0.6 is 11.3 Å². The summed E-state index contributed by atoms with van der Waals surface area (Å²) in [5.41, 5.74) is 7.62. The number of carbonyl (C=O) groups is 1. The van der Waals surface area contributed by atoms with E-state index in [1.54, 1.807) is 11.7 Å². The summed E-state index contributed by atoms with van der Waals surface area (Å²) in [7, 11) is 0. The Kier molecular flexibility index (Phi) is 3.20. The molecule has 0 unspecified atom stereocenters. The molecule has 17 heavy (non-hydrogen) atoms. The Morgan fingerprint density at radius 3 is 3.06 bits per heavy atom. The highest BCUT2D eigenvalue weighted by Crippen LogP contribution is 2.20. The van der Waals surface area contributed by atoms with E-state index in [9.17, 15) is 4.79 Å². The molecular weight excluding hydrogens is 240 g/mol. The van der Waals surface area contributed by atoms with Gasteiger partial charge in [-0.15, -0.1) is 11.3 Å². The van der Waals surface area contributed by atoms with Crippen LogP contribution in [0.2, 0.25) is 0 Å². The van der Waals surface area contributed by atoms with Gasteiger partial charge in [0.1, 0.15) is 5.82 Å². The average Bonchev–Trinajstić information content (AvgIpc) is 2.80. The minimum atomic E-state index is -1.06. The summed E-state index contributed by atoms with van der Waals surface area (Å²) in [6.45, 7) is 0.519. The first-order valence-corrected chi connectivity index (χ1v) is 5.65. The van der Waals surface area contributed by atoms with Crippen molar-refractivity contribution in [2.75, 3.05) is 11.1 Å². The van der Waals surface area contributed by atoms with E-state index in [1.807, 2.05) is 0 Å². The Labute approximate surface area is 101 Å².